The molecule has 3 atom stereocenters. The Kier molecular flexibility index (Phi) is 5.76. The summed E-state index contributed by atoms with van der Waals surface area (Å²) in [6.07, 6.45) is 6.03. The van der Waals surface area contributed by atoms with Crippen molar-refractivity contribution < 1.29 is 9.53 Å². The third-order valence-corrected chi connectivity index (χ3v) is 4.70. The van der Waals surface area contributed by atoms with E-state index in [1.165, 1.54) is 32.1 Å². The predicted molar refractivity (Wildman–Crippen MR) is 89.9 cm³/mol. The van der Waals surface area contributed by atoms with Gasteiger partial charge >= 0.3 is 6.09 Å². The first-order chi connectivity index (χ1) is 10.2. The lowest BCUT2D eigenvalue weighted by atomic mass is 9.80. The van der Waals surface area contributed by atoms with Crippen molar-refractivity contribution >= 4 is 6.09 Å². The number of amides is 1. The maximum absolute atomic E-state index is 12.0. The highest BCUT2D eigenvalue weighted by atomic mass is 16.6. The van der Waals surface area contributed by atoms with Gasteiger partial charge in [0.1, 0.15) is 5.60 Å². The average Bonchev–Trinajstić information content (AvgIpc) is 3.15. The molecule has 1 amide bonds. The molecule has 2 saturated carbocycles. The molecule has 2 aliphatic rings. The first kappa shape index (κ1) is 17.6. The van der Waals surface area contributed by atoms with Crippen LogP contribution >= 0.6 is 0 Å². The Bertz CT molecular complexity index is 364. The fourth-order valence-electron chi connectivity index (χ4n) is 3.70. The Morgan fingerprint density at radius 1 is 1.14 bits per heavy atom. The van der Waals surface area contributed by atoms with E-state index in [-0.39, 0.29) is 12.1 Å². The van der Waals surface area contributed by atoms with Crippen LogP contribution in [-0.2, 0) is 4.74 Å². The van der Waals surface area contributed by atoms with Crippen molar-refractivity contribution in [3.63, 3.8) is 0 Å². The van der Waals surface area contributed by atoms with Gasteiger partial charge < -0.3 is 15.4 Å². The van der Waals surface area contributed by atoms with Crippen LogP contribution in [0.1, 0.15) is 66.7 Å². The maximum atomic E-state index is 12.0. The van der Waals surface area contributed by atoms with Gasteiger partial charge in [-0.2, -0.15) is 0 Å². The molecule has 128 valence electrons. The molecule has 2 fully saturated rings. The molecule has 0 bridgehead atoms. The number of carbonyl (C=O) groups excluding carboxylic acids is 1. The second-order valence-electron chi connectivity index (χ2n) is 8.61. The SMILES string of the molecule is CC1CC(C)CC(NCC(NC(=O)OC(C)(C)C)C2CC2)C1. The third kappa shape index (κ3) is 6.15. The summed E-state index contributed by atoms with van der Waals surface area (Å²) in [6.45, 7) is 11.3. The predicted octanol–water partition coefficient (Wildman–Crippen LogP) is 3.70. The van der Waals surface area contributed by atoms with Crippen LogP contribution in [-0.4, -0.2) is 30.3 Å². The third-order valence-electron chi connectivity index (χ3n) is 4.70. The van der Waals surface area contributed by atoms with E-state index < -0.39 is 5.60 Å². The molecule has 2 aliphatic carbocycles. The summed E-state index contributed by atoms with van der Waals surface area (Å²) in [4.78, 5) is 12.0. The molecule has 0 aliphatic heterocycles. The molecule has 22 heavy (non-hydrogen) atoms. The molecule has 4 heteroatoms. The lowest BCUT2D eigenvalue weighted by Crippen LogP contribution is -2.48. The number of hydrogen-bond acceptors (Lipinski definition) is 3. The smallest absolute Gasteiger partial charge is 0.407 e. The number of ether oxygens (including phenoxy) is 1. The van der Waals surface area contributed by atoms with E-state index in [0.717, 1.165) is 18.4 Å². The molecule has 0 aromatic heterocycles. The fraction of sp³-hybridized carbons (Fsp3) is 0.944. The average molecular weight is 310 g/mol. The Morgan fingerprint density at radius 3 is 2.23 bits per heavy atom. The number of hydrogen-bond donors (Lipinski definition) is 2. The maximum Gasteiger partial charge on any atom is 0.407 e. The quantitative estimate of drug-likeness (QED) is 0.814. The van der Waals surface area contributed by atoms with Gasteiger partial charge in [0.15, 0.2) is 0 Å². The molecule has 3 unspecified atom stereocenters. The molecule has 2 rings (SSSR count). The van der Waals surface area contributed by atoms with Crippen LogP contribution in [0.4, 0.5) is 4.79 Å². The second kappa shape index (κ2) is 7.20. The minimum atomic E-state index is -0.431. The lowest BCUT2D eigenvalue weighted by Gasteiger charge is -2.33. The van der Waals surface area contributed by atoms with Crippen molar-refractivity contribution in [3.8, 4) is 0 Å². The Hall–Kier alpha value is -0.770. The molecule has 0 aromatic carbocycles. The van der Waals surface area contributed by atoms with E-state index in [1.807, 2.05) is 20.8 Å². The summed E-state index contributed by atoms with van der Waals surface area (Å²) in [5.74, 6) is 2.23. The first-order valence-corrected chi connectivity index (χ1v) is 8.96. The van der Waals surface area contributed by atoms with Gasteiger partial charge in [-0.25, -0.2) is 4.79 Å². The van der Waals surface area contributed by atoms with E-state index in [0.29, 0.717) is 12.0 Å². The summed E-state index contributed by atoms with van der Waals surface area (Å²) in [7, 11) is 0. The molecule has 2 N–H and O–H groups in total. The van der Waals surface area contributed by atoms with Gasteiger partial charge in [0.05, 0.1) is 0 Å². The van der Waals surface area contributed by atoms with Crippen LogP contribution < -0.4 is 10.6 Å². The summed E-state index contributed by atoms with van der Waals surface area (Å²) in [6, 6.07) is 0.808. The molecule has 0 radical (unpaired) electrons. The highest BCUT2D eigenvalue weighted by molar-refractivity contribution is 5.68. The summed E-state index contributed by atoms with van der Waals surface area (Å²) >= 11 is 0. The fourth-order valence-corrected chi connectivity index (χ4v) is 3.70. The Balaban J connectivity index is 1.78. The van der Waals surface area contributed by atoms with Gasteiger partial charge in [-0.05, 0) is 70.6 Å². The minimum Gasteiger partial charge on any atom is -0.444 e. The minimum absolute atomic E-state index is 0.211. The van der Waals surface area contributed by atoms with Crippen molar-refractivity contribution in [2.45, 2.75) is 84.4 Å². The van der Waals surface area contributed by atoms with Gasteiger partial charge in [0.2, 0.25) is 0 Å². The zero-order chi connectivity index (χ0) is 16.3. The van der Waals surface area contributed by atoms with E-state index >= 15 is 0 Å². The van der Waals surface area contributed by atoms with E-state index in [2.05, 4.69) is 24.5 Å². The van der Waals surface area contributed by atoms with Crippen molar-refractivity contribution in [2.24, 2.45) is 17.8 Å². The number of rotatable bonds is 5. The van der Waals surface area contributed by atoms with Crippen molar-refractivity contribution in [1.29, 1.82) is 0 Å². The molecular weight excluding hydrogens is 276 g/mol. The molecule has 0 saturated heterocycles. The molecule has 0 aromatic rings. The van der Waals surface area contributed by atoms with Gasteiger partial charge in [-0.15, -0.1) is 0 Å². The highest BCUT2D eigenvalue weighted by Gasteiger charge is 2.34. The standard InChI is InChI=1S/C18H34N2O2/c1-12-8-13(2)10-15(9-12)19-11-16(14-6-7-14)20-17(21)22-18(3,4)5/h12-16,19H,6-11H2,1-5H3,(H,20,21). The van der Waals surface area contributed by atoms with Crippen LogP contribution in [0.15, 0.2) is 0 Å². The van der Waals surface area contributed by atoms with Crippen LogP contribution in [0.3, 0.4) is 0 Å². The molecule has 4 nitrogen and oxygen atoms in total. The summed E-state index contributed by atoms with van der Waals surface area (Å²) in [5.41, 5.74) is -0.431. The Morgan fingerprint density at radius 2 is 1.73 bits per heavy atom. The largest absolute Gasteiger partial charge is 0.444 e. The summed E-state index contributed by atoms with van der Waals surface area (Å²) in [5, 5.41) is 6.78. The van der Waals surface area contributed by atoms with Crippen LogP contribution in [0, 0.1) is 17.8 Å². The highest BCUT2D eigenvalue weighted by Crippen LogP contribution is 2.33. The second-order valence-corrected chi connectivity index (χ2v) is 8.61. The monoisotopic (exact) mass is 310 g/mol. The zero-order valence-corrected chi connectivity index (χ0v) is 14.9. The number of alkyl carbamates (subject to hydrolysis) is 1. The van der Waals surface area contributed by atoms with Crippen molar-refractivity contribution in [2.75, 3.05) is 6.54 Å². The van der Waals surface area contributed by atoms with Crippen LogP contribution in [0.5, 0.6) is 0 Å². The van der Waals surface area contributed by atoms with Crippen LogP contribution in [0.25, 0.3) is 0 Å². The topological polar surface area (TPSA) is 50.4 Å². The van der Waals surface area contributed by atoms with Gasteiger partial charge in [0.25, 0.3) is 0 Å². The molecular formula is C18H34N2O2. The van der Waals surface area contributed by atoms with Crippen molar-refractivity contribution in [3.05, 3.63) is 0 Å². The Labute approximate surface area is 135 Å². The number of nitrogens with one attached hydrogen (secondary N) is 2. The van der Waals surface area contributed by atoms with Crippen molar-refractivity contribution in [1.82, 2.24) is 10.6 Å². The number of carbonyl (C=O) groups is 1. The van der Waals surface area contributed by atoms with Gasteiger partial charge in [-0.1, -0.05) is 13.8 Å². The van der Waals surface area contributed by atoms with Crippen LogP contribution in [0.2, 0.25) is 0 Å². The van der Waals surface area contributed by atoms with E-state index in [1.54, 1.807) is 0 Å². The molecule has 0 spiro atoms. The van der Waals surface area contributed by atoms with E-state index in [9.17, 15) is 4.79 Å². The van der Waals surface area contributed by atoms with Gasteiger partial charge in [-0.3, -0.25) is 0 Å². The lowest BCUT2D eigenvalue weighted by molar-refractivity contribution is 0.0495. The normalized spacial score (nSPS) is 30.7. The van der Waals surface area contributed by atoms with Gasteiger partial charge in [0, 0.05) is 18.6 Å². The molecule has 0 heterocycles. The summed E-state index contributed by atoms with van der Waals surface area (Å²) < 4.78 is 5.39. The first-order valence-electron chi connectivity index (χ1n) is 8.96. The van der Waals surface area contributed by atoms with E-state index in [4.69, 9.17) is 4.74 Å². The zero-order valence-electron chi connectivity index (χ0n) is 14.9.